The van der Waals surface area contributed by atoms with Crippen molar-refractivity contribution in [3.63, 3.8) is 0 Å². The summed E-state index contributed by atoms with van der Waals surface area (Å²) in [5, 5.41) is 12.4. The molecule has 0 saturated heterocycles. The predicted octanol–water partition coefficient (Wildman–Crippen LogP) is 2.03. The summed E-state index contributed by atoms with van der Waals surface area (Å²) >= 11 is 0. The highest BCUT2D eigenvalue weighted by Gasteiger charge is 2.06. The van der Waals surface area contributed by atoms with Gasteiger partial charge >= 0.3 is 0 Å². The average Bonchev–Trinajstić information content (AvgIpc) is 2.35. The number of hydrogen-bond acceptors (Lipinski definition) is 3. The lowest BCUT2D eigenvalue weighted by atomic mass is 10.1. The summed E-state index contributed by atoms with van der Waals surface area (Å²) in [5.41, 5.74) is 0.858. The van der Waals surface area contributed by atoms with Crippen LogP contribution in [-0.4, -0.2) is 23.7 Å². The first kappa shape index (κ1) is 14.5. The van der Waals surface area contributed by atoms with E-state index in [4.69, 9.17) is 4.74 Å². The molecule has 1 amide bonds. The highest BCUT2D eigenvalue weighted by atomic mass is 16.5. The van der Waals surface area contributed by atoms with Gasteiger partial charge in [-0.05, 0) is 38.0 Å². The molecule has 1 unspecified atom stereocenters. The fourth-order valence-electron chi connectivity index (χ4n) is 1.53. The summed E-state index contributed by atoms with van der Waals surface area (Å²) < 4.78 is 5.34. The molecule has 18 heavy (non-hydrogen) atoms. The van der Waals surface area contributed by atoms with Crippen LogP contribution in [0.15, 0.2) is 24.3 Å². The van der Waals surface area contributed by atoms with Crippen LogP contribution in [0, 0.1) is 0 Å². The third-order valence-electron chi connectivity index (χ3n) is 2.47. The average molecular weight is 251 g/mol. The van der Waals surface area contributed by atoms with Gasteiger partial charge in [-0.1, -0.05) is 19.1 Å². The molecule has 0 bridgehead atoms. The first-order chi connectivity index (χ1) is 8.52. The van der Waals surface area contributed by atoms with Crippen LogP contribution in [0.3, 0.4) is 0 Å². The molecular formula is C14H21NO3. The first-order valence-electron chi connectivity index (χ1n) is 6.23. The van der Waals surface area contributed by atoms with E-state index in [1.54, 1.807) is 12.1 Å². The number of carbonyl (C=O) groups is 1. The van der Waals surface area contributed by atoms with Crippen molar-refractivity contribution in [2.75, 3.05) is 6.61 Å². The lowest BCUT2D eigenvalue weighted by molar-refractivity contribution is -0.123. The van der Waals surface area contributed by atoms with Crippen LogP contribution >= 0.6 is 0 Å². The van der Waals surface area contributed by atoms with Gasteiger partial charge < -0.3 is 15.2 Å². The van der Waals surface area contributed by atoms with Crippen LogP contribution in [-0.2, 0) is 4.79 Å². The maximum atomic E-state index is 11.4. The van der Waals surface area contributed by atoms with Crippen molar-refractivity contribution >= 4 is 5.91 Å². The van der Waals surface area contributed by atoms with Crippen molar-refractivity contribution in [2.24, 2.45) is 0 Å². The summed E-state index contributed by atoms with van der Waals surface area (Å²) in [7, 11) is 0. The van der Waals surface area contributed by atoms with Gasteiger partial charge in [-0.3, -0.25) is 4.79 Å². The maximum absolute atomic E-state index is 11.4. The number of benzene rings is 1. The third kappa shape index (κ3) is 4.75. The van der Waals surface area contributed by atoms with Gasteiger partial charge in [-0.2, -0.15) is 0 Å². The molecule has 0 heterocycles. The lowest BCUT2D eigenvalue weighted by Gasteiger charge is -2.11. The van der Waals surface area contributed by atoms with Crippen molar-refractivity contribution in [1.29, 1.82) is 0 Å². The van der Waals surface area contributed by atoms with Gasteiger partial charge in [0.05, 0.1) is 6.10 Å². The standard InChI is InChI=1S/C14H21NO3/c1-4-13(16)11-5-7-12(8-6-11)18-9-14(17)15-10(2)3/h5-8,10,13,16H,4,9H2,1-3H3,(H,15,17). The number of ether oxygens (including phenoxy) is 1. The predicted molar refractivity (Wildman–Crippen MR) is 70.5 cm³/mol. The molecule has 0 aromatic heterocycles. The molecule has 0 aliphatic rings. The molecule has 0 aliphatic carbocycles. The zero-order valence-corrected chi connectivity index (χ0v) is 11.1. The number of hydrogen-bond donors (Lipinski definition) is 2. The van der Waals surface area contributed by atoms with Gasteiger partial charge in [0.15, 0.2) is 6.61 Å². The number of aliphatic hydroxyl groups is 1. The molecule has 2 N–H and O–H groups in total. The molecule has 0 spiro atoms. The van der Waals surface area contributed by atoms with E-state index in [1.165, 1.54) is 0 Å². The van der Waals surface area contributed by atoms with Gasteiger partial charge in [-0.15, -0.1) is 0 Å². The number of amides is 1. The Bertz CT molecular complexity index is 373. The van der Waals surface area contributed by atoms with Crippen molar-refractivity contribution in [3.8, 4) is 5.75 Å². The molecule has 0 aliphatic heterocycles. The van der Waals surface area contributed by atoms with Gasteiger partial charge in [0.2, 0.25) is 0 Å². The smallest absolute Gasteiger partial charge is 0.258 e. The van der Waals surface area contributed by atoms with Gasteiger partial charge in [0, 0.05) is 6.04 Å². The molecule has 0 fully saturated rings. The van der Waals surface area contributed by atoms with Crippen molar-refractivity contribution in [2.45, 2.75) is 39.3 Å². The topological polar surface area (TPSA) is 58.6 Å². The van der Waals surface area contributed by atoms with E-state index in [2.05, 4.69) is 5.32 Å². The summed E-state index contributed by atoms with van der Waals surface area (Å²) in [6, 6.07) is 7.25. The number of rotatable bonds is 6. The number of nitrogens with one attached hydrogen (secondary N) is 1. The molecule has 1 atom stereocenters. The Morgan fingerprint density at radius 2 is 1.94 bits per heavy atom. The molecule has 4 nitrogen and oxygen atoms in total. The minimum Gasteiger partial charge on any atom is -0.484 e. The van der Waals surface area contributed by atoms with E-state index in [0.29, 0.717) is 12.2 Å². The van der Waals surface area contributed by atoms with Gasteiger partial charge in [-0.25, -0.2) is 0 Å². The van der Waals surface area contributed by atoms with Crippen molar-refractivity contribution in [3.05, 3.63) is 29.8 Å². The van der Waals surface area contributed by atoms with Gasteiger partial charge in [0.25, 0.3) is 5.91 Å². The van der Waals surface area contributed by atoms with E-state index in [1.807, 2.05) is 32.9 Å². The Balaban J connectivity index is 2.46. The summed E-state index contributed by atoms with van der Waals surface area (Å²) in [4.78, 5) is 11.4. The highest BCUT2D eigenvalue weighted by Crippen LogP contribution is 2.19. The monoisotopic (exact) mass is 251 g/mol. The van der Waals surface area contributed by atoms with Crippen LogP contribution in [0.1, 0.15) is 38.9 Å². The normalized spacial score (nSPS) is 12.3. The Hall–Kier alpha value is -1.55. The van der Waals surface area contributed by atoms with Crippen molar-refractivity contribution in [1.82, 2.24) is 5.32 Å². The molecule has 1 aromatic rings. The zero-order valence-electron chi connectivity index (χ0n) is 11.1. The molecule has 4 heteroatoms. The Kier molecular flexibility index (Phi) is 5.65. The van der Waals surface area contributed by atoms with Crippen LogP contribution in [0.25, 0.3) is 0 Å². The van der Waals surface area contributed by atoms with E-state index in [0.717, 1.165) is 5.56 Å². The van der Waals surface area contributed by atoms with E-state index < -0.39 is 6.10 Å². The summed E-state index contributed by atoms with van der Waals surface area (Å²) in [5.74, 6) is 0.489. The van der Waals surface area contributed by atoms with E-state index >= 15 is 0 Å². The minimum absolute atomic E-state index is 0.00780. The molecule has 100 valence electrons. The lowest BCUT2D eigenvalue weighted by Crippen LogP contribution is -2.34. The van der Waals surface area contributed by atoms with Crippen LogP contribution in [0.2, 0.25) is 0 Å². The van der Waals surface area contributed by atoms with E-state index in [9.17, 15) is 9.90 Å². The highest BCUT2D eigenvalue weighted by molar-refractivity contribution is 5.77. The molecule has 0 radical (unpaired) electrons. The van der Waals surface area contributed by atoms with Crippen LogP contribution in [0.4, 0.5) is 0 Å². The molecule has 1 rings (SSSR count). The Morgan fingerprint density at radius 3 is 2.44 bits per heavy atom. The fourth-order valence-corrected chi connectivity index (χ4v) is 1.53. The second kappa shape index (κ2) is 7.01. The number of aliphatic hydroxyl groups excluding tert-OH is 1. The second-order valence-corrected chi connectivity index (χ2v) is 4.50. The van der Waals surface area contributed by atoms with E-state index in [-0.39, 0.29) is 18.6 Å². The molecular weight excluding hydrogens is 230 g/mol. The van der Waals surface area contributed by atoms with Crippen molar-refractivity contribution < 1.29 is 14.6 Å². The molecule has 0 saturated carbocycles. The molecule has 1 aromatic carbocycles. The van der Waals surface area contributed by atoms with Crippen LogP contribution in [0.5, 0.6) is 5.75 Å². The Morgan fingerprint density at radius 1 is 1.33 bits per heavy atom. The summed E-state index contributed by atoms with van der Waals surface area (Å²) in [6.07, 6.45) is 0.236. The Labute approximate surface area is 108 Å². The zero-order chi connectivity index (χ0) is 13.5. The minimum atomic E-state index is -0.441. The quantitative estimate of drug-likeness (QED) is 0.813. The third-order valence-corrected chi connectivity index (χ3v) is 2.47. The first-order valence-corrected chi connectivity index (χ1v) is 6.23. The largest absolute Gasteiger partial charge is 0.484 e. The number of carbonyl (C=O) groups excluding carboxylic acids is 1. The maximum Gasteiger partial charge on any atom is 0.258 e. The fraction of sp³-hybridized carbons (Fsp3) is 0.500. The summed E-state index contributed by atoms with van der Waals surface area (Å²) in [6.45, 7) is 5.73. The van der Waals surface area contributed by atoms with Crippen LogP contribution < -0.4 is 10.1 Å². The SMILES string of the molecule is CCC(O)c1ccc(OCC(=O)NC(C)C)cc1. The van der Waals surface area contributed by atoms with Gasteiger partial charge in [0.1, 0.15) is 5.75 Å². The second-order valence-electron chi connectivity index (χ2n) is 4.50.